The predicted octanol–water partition coefficient (Wildman–Crippen LogP) is 4.46. The van der Waals surface area contributed by atoms with Gasteiger partial charge in [0.2, 0.25) is 5.88 Å². The lowest BCUT2D eigenvalue weighted by atomic mass is 10.2. The van der Waals surface area contributed by atoms with Crippen molar-refractivity contribution in [2.45, 2.75) is 6.92 Å². The van der Waals surface area contributed by atoms with Gasteiger partial charge >= 0.3 is 0 Å². The maximum Gasteiger partial charge on any atom is 0.255 e. The molecule has 7 heteroatoms. The van der Waals surface area contributed by atoms with Gasteiger partial charge in [-0.05, 0) is 48.9 Å². The van der Waals surface area contributed by atoms with Crippen LogP contribution in [0.2, 0.25) is 0 Å². The number of pyridine rings is 1. The third-order valence-corrected chi connectivity index (χ3v) is 4.17. The highest BCUT2D eigenvalue weighted by atomic mass is 16.5. The number of aromatic nitrogens is 1. The zero-order valence-corrected chi connectivity index (χ0v) is 16.7. The molecule has 0 atom stereocenters. The molecule has 0 radical (unpaired) electrons. The molecule has 0 aliphatic rings. The van der Waals surface area contributed by atoms with Crippen LogP contribution < -0.4 is 24.3 Å². The van der Waals surface area contributed by atoms with Gasteiger partial charge in [0.15, 0.2) is 23.0 Å². The summed E-state index contributed by atoms with van der Waals surface area (Å²) in [5.74, 6) is 2.32. The third-order valence-electron chi connectivity index (χ3n) is 4.17. The van der Waals surface area contributed by atoms with Crippen molar-refractivity contribution in [2.75, 3.05) is 26.6 Å². The number of aryl methyl sites for hydroxylation is 1. The number of carbonyl (C=O) groups is 1. The molecular formula is C22H22N2O5. The molecule has 0 saturated heterocycles. The molecule has 150 valence electrons. The topological polar surface area (TPSA) is 78.9 Å². The van der Waals surface area contributed by atoms with E-state index in [-0.39, 0.29) is 5.91 Å². The van der Waals surface area contributed by atoms with Crippen molar-refractivity contribution in [3.63, 3.8) is 0 Å². The molecule has 0 fully saturated rings. The molecule has 0 aliphatic carbocycles. The Hall–Kier alpha value is -3.74. The molecule has 7 nitrogen and oxygen atoms in total. The second-order valence-corrected chi connectivity index (χ2v) is 6.17. The molecule has 0 saturated carbocycles. The molecule has 1 amide bonds. The first kappa shape index (κ1) is 20.0. The first-order chi connectivity index (χ1) is 14.0. The Balaban J connectivity index is 1.70. The fraction of sp³-hybridized carbons (Fsp3) is 0.182. The summed E-state index contributed by atoms with van der Waals surface area (Å²) in [6.07, 6.45) is 1.52. The first-order valence-corrected chi connectivity index (χ1v) is 8.86. The second-order valence-electron chi connectivity index (χ2n) is 6.17. The van der Waals surface area contributed by atoms with Gasteiger partial charge in [0.05, 0.1) is 33.2 Å². The van der Waals surface area contributed by atoms with E-state index in [9.17, 15) is 4.79 Å². The monoisotopic (exact) mass is 394 g/mol. The molecule has 3 rings (SSSR count). The van der Waals surface area contributed by atoms with Crippen molar-refractivity contribution in [3.8, 4) is 28.9 Å². The van der Waals surface area contributed by atoms with Crippen molar-refractivity contribution in [2.24, 2.45) is 0 Å². The molecule has 1 N–H and O–H groups in total. The summed E-state index contributed by atoms with van der Waals surface area (Å²) in [5, 5.41) is 2.79. The molecule has 1 heterocycles. The van der Waals surface area contributed by atoms with E-state index in [4.69, 9.17) is 18.9 Å². The summed E-state index contributed by atoms with van der Waals surface area (Å²) in [6.45, 7) is 1.97. The summed E-state index contributed by atoms with van der Waals surface area (Å²) >= 11 is 0. The second kappa shape index (κ2) is 8.97. The summed E-state index contributed by atoms with van der Waals surface area (Å²) in [5.41, 5.74) is 2.04. The van der Waals surface area contributed by atoms with Crippen LogP contribution in [0.3, 0.4) is 0 Å². The molecular weight excluding hydrogens is 372 g/mol. The Morgan fingerprint density at radius 2 is 1.52 bits per heavy atom. The van der Waals surface area contributed by atoms with Crippen molar-refractivity contribution in [1.82, 2.24) is 4.98 Å². The van der Waals surface area contributed by atoms with Crippen LogP contribution >= 0.6 is 0 Å². The van der Waals surface area contributed by atoms with Gasteiger partial charge in [-0.1, -0.05) is 6.07 Å². The van der Waals surface area contributed by atoms with Crippen LogP contribution in [0.5, 0.6) is 28.9 Å². The van der Waals surface area contributed by atoms with Gasteiger partial charge < -0.3 is 24.3 Å². The molecule has 0 aliphatic heterocycles. The number of benzene rings is 2. The molecule has 29 heavy (non-hydrogen) atoms. The minimum Gasteiger partial charge on any atom is -0.493 e. The fourth-order valence-corrected chi connectivity index (χ4v) is 2.67. The molecule has 3 aromatic rings. The van der Waals surface area contributed by atoms with Crippen LogP contribution in [-0.4, -0.2) is 32.2 Å². The van der Waals surface area contributed by atoms with Gasteiger partial charge in [0.25, 0.3) is 5.91 Å². The molecule has 0 spiro atoms. The zero-order chi connectivity index (χ0) is 20.8. The van der Waals surface area contributed by atoms with Crippen molar-refractivity contribution in [3.05, 3.63) is 65.9 Å². The smallest absolute Gasteiger partial charge is 0.255 e. The van der Waals surface area contributed by atoms with Crippen molar-refractivity contribution in [1.29, 1.82) is 0 Å². The first-order valence-electron chi connectivity index (χ1n) is 8.86. The highest BCUT2D eigenvalue weighted by molar-refractivity contribution is 6.04. The summed E-state index contributed by atoms with van der Waals surface area (Å²) in [4.78, 5) is 16.7. The van der Waals surface area contributed by atoms with E-state index in [0.717, 1.165) is 5.56 Å². The van der Waals surface area contributed by atoms with Gasteiger partial charge in [-0.25, -0.2) is 4.98 Å². The lowest BCUT2D eigenvalue weighted by Gasteiger charge is -2.11. The number of rotatable bonds is 7. The van der Waals surface area contributed by atoms with Crippen molar-refractivity contribution >= 4 is 11.6 Å². The van der Waals surface area contributed by atoms with Gasteiger partial charge in [0.1, 0.15) is 0 Å². The van der Waals surface area contributed by atoms with Crippen LogP contribution in [0.25, 0.3) is 0 Å². The van der Waals surface area contributed by atoms with Crippen LogP contribution in [0.4, 0.5) is 5.69 Å². The van der Waals surface area contributed by atoms with E-state index in [1.807, 2.05) is 25.1 Å². The maximum absolute atomic E-state index is 12.5. The van der Waals surface area contributed by atoms with E-state index in [0.29, 0.717) is 40.1 Å². The van der Waals surface area contributed by atoms with Crippen LogP contribution in [0.15, 0.2) is 54.7 Å². The Labute approximate surface area is 169 Å². The molecule has 0 unspecified atom stereocenters. The summed E-state index contributed by atoms with van der Waals surface area (Å²) in [7, 11) is 4.65. The van der Waals surface area contributed by atoms with Crippen molar-refractivity contribution < 1.29 is 23.7 Å². The number of ether oxygens (including phenoxy) is 4. The highest BCUT2D eigenvalue weighted by Gasteiger charge is 2.12. The minimum atomic E-state index is -0.290. The van der Waals surface area contributed by atoms with Gasteiger partial charge in [-0.15, -0.1) is 0 Å². The number of nitrogens with one attached hydrogen (secondary N) is 1. The van der Waals surface area contributed by atoms with E-state index < -0.39 is 0 Å². The average Bonchev–Trinajstić information content (AvgIpc) is 2.75. The molecule has 1 aromatic heterocycles. The maximum atomic E-state index is 12.5. The Bertz CT molecular complexity index is 1000. The Morgan fingerprint density at radius 1 is 0.828 bits per heavy atom. The highest BCUT2D eigenvalue weighted by Crippen LogP contribution is 2.32. The fourth-order valence-electron chi connectivity index (χ4n) is 2.67. The Morgan fingerprint density at radius 3 is 2.17 bits per heavy atom. The third kappa shape index (κ3) is 4.76. The lowest BCUT2D eigenvalue weighted by molar-refractivity contribution is 0.102. The number of hydrogen-bond donors (Lipinski definition) is 1. The van der Waals surface area contributed by atoms with E-state index in [1.54, 1.807) is 44.6 Å². The summed E-state index contributed by atoms with van der Waals surface area (Å²) in [6, 6.07) is 14.0. The SMILES string of the molecule is COc1ccc(C(=O)Nc2ccc(Oc3ccc(C)cc3OC)nc2)cc1OC. The Kier molecular flexibility index (Phi) is 6.19. The van der Waals surface area contributed by atoms with E-state index in [1.165, 1.54) is 13.3 Å². The van der Waals surface area contributed by atoms with E-state index in [2.05, 4.69) is 10.3 Å². The number of hydrogen-bond acceptors (Lipinski definition) is 6. The van der Waals surface area contributed by atoms with E-state index >= 15 is 0 Å². The molecule has 0 bridgehead atoms. The number of carbonyl (C=O) groups excluding carboxylic acids is 1. The van der Waals surface area contributed by atoms with Crippen LogP contribution in [0, 0.1) is 6.92 Å². The standard InChI is InChI=1S/C22H22N2O5/c1-14-5-8-18(19(11-14)27-3)29-21-10-7-16(13-23-21)24-22(25)15-6-9-17(26-2)20(12-15)28-4/h5-13H,1-4H3,(H,24,25). The average molecular weight is 394 g/mol. The normalized spacial score (nSPS) is 10.2. The number of anilines is 1. The predicted molar refractivity (Wildman–Crippen MR) is 110 cm³/mol. The summed E-state index contributed by atoms with van der Waals surface area (Å²) < 4.78 is 21.5. The van der Waals surface area contributed by atoms with Crippen LogP contribution in [-0.2, 0) is 0 Å². The largest absolute Gasteiger partial charge is 0.493 e. The number of methoxy groups -OCH3 is 3. The van der Waals surface area contributed by atoms with Gasteiger partial charge in [-0.2, -0.15) is 0 Å². The molecule has 2 aromatic carbocycles. The number of nitrogens with zero attached hydrogens (tertiary/aromatic N) is 1. The van der Waals surface area contributed by atoms with Gasteiger partial charge in [-0.3, -0.25) is 4.79 Å². The van der Waals surface area contributed by atoms with Gasteiger partial charge in [0, 0.05) is 11.6 Å². The zero-order valence-electron chi connectivity index (χ0n) is 16.7. The minimum absolute atomic E-state index is 0.290. The number of amides is 1. The quantitative estimate of drug-likeness (QED) is 0.637. The van der Waals surface area contributed by atoms with Crippen LogP contribution in [0.1, 0.15) is 15.9 Å². The lowest BCUT2D eigenvalue weighted by Crippen LogP contribution is -2.12.